The second kappa shape index (κ2) is 8.26. The Morgan fingerprint density at radius 3 is 2.44 bits per heavy atom. The van der Waals surface area contributed by atoms with Crippen LogP contribution in [-0.2, 0) is 24.7 Å². The summed E-state index contributed by atoms with van der Waals surface area (Å²) in [4.78, 5) is 52.0. The van der Waals surface area contributed by atoms with Gasteiger partial charge in [0.15, 0.2) is 0 Å². The number of carbonyl (C=O) groups is 4. The molecule has 2 aromatic carbocycles. The fourth-order valence-electron chi connectivity index (χ4n) is 4.72. The van der Waals surface area contributed by atoms with Gasteiger partial charge in [0.1, 0.15) is 17.6 Å². The number of hydrogen-bond acceptors (Lipinski definition) is 5. The number of amides is 4. The second-order valence-electron chi connectivity index (χ2n) is 8.69. The minimum atomic E-state index is -1.29. The van der Waals surface area contributed by atoms with Gasteiger partial charge in [0.25, 0.3) is 5.91 Å². The van der Waals surface area contributed by atoms with E-state index in [2.05, 4.69) is 10.6 Å². The quantitative estimate of drug-likeness (QED) is 0.553. The van der Waals surface area contributed by atoms with E-state index in [0.29, 0.717) is 18.4 Å². The van der Waals surface area contributed by atoms with E-state index in [1.54, 1.807) is 13.0 Å². The Morgan fingerprint density at radius 2 is 1.75 bits per heavy atom. The maximum Gasteiger partial charge on any atom is 0.331 e. The predicted octanol–water partition coefficient (Wildman–Crippen LogP) is 2.60. The van der Waals surface area contributed by atoms with Crippen LogP contribution in [0.5, 0.6) is 0 Å². The van der Waals surface area contributed by atoms with E-state index in [1.165, 1.54) is 7.11 Å². The zero-order chi connectivity index (χ0) is 22.9. The molecule has 168 valence electrons. The number of nitrogens with one attached hydrogen (secondary N) is 2. The number of fused-ring (bicyclic) bond motifs is 1. The van der Waals surface area contributed by atoms with Crippen molar-refractivity contribution in [3.8, 4) is 0 Å². The molecule has 0 radical (unpaired) electrons. The van der Waals surface area contributed by atoms with Crippen LogP contribution in [0, 0.1) is 0 Å². The van der Waals surface area contributed by atoms with Crippen molar-refractivity contribution in [3.63, 3.8) is 0 Å². The highest BCUT2D eigenvalue weighted by atomic mass is 16.5. The van der Waals surface area contributed by atoms with Crippen LogP contribution in [0.25, 0.3) is 10.8 Å². The minimum Gasteiger partial charge on any atom is -0.467 e. The van der Waals surface area contributed by atoms with Gasteiger partial charge in [0, 0.05) is 0 Å². The fraction of sp³-hybridized carbons (Fsp3) is 0.417. The molecule has 1 saturated heterocycles. The van der Waals surface area contributed by atoms with Crippen LogP contribution < -0.4 is 10.6 Å². The van der Waals surface area contributed by atoms with Crippen molar-refractivity contribution >= 4 is 34.6 Å². The number of imide groups is 1. The Bertz CT molecular complexity index is 1090. The van der Waals surface area contributed by atoms with Gasteiger partial charge in [-0.3, -0.25) is 14.5 Å². The number of nitrogens with zero attached hydrogens (tertiary/aromatic N) is 1. The largest absolute Gasteiger partial charge is 0.467 e. The monoisotopic (exact) mass is 437 g/mol. The number of carbonyl (C=O) groups excluding carboxylic acids is 4. The molecule has 1 aliphatic carbocycles. The van der Waals surface area contributed by atoms with E-state index in [4.69, 9.17) is 4.74 Å². The van der Waals surface area contributed by atoms with Gasteiger partial charge in [-0.1, -0.05) is 55.7 Å². The molecule has 8 nitrogen and oxygen atoms in total. The molecular weight excluding hydrogens is 410 g/mol. The number of hydrogen-bond donors (Lipinski definition) is 2. The SMILES string of the molecule is COC(=O)C1(NC(=O)CN2C(=O)N[C@@](C)(c3ccc4ccccc4c3)C2=O)CCCCC1. The average molecular weight is 437 g/mol. The van der Waals surface area contributed by atoms with Gasteiger partial charge in [0.2, 0.25) is 5.91 Å². The standard InChI is InChI=1S/C24H27N3O5/c1-23(18-11-10-16-8-4-5-9-17(16)14-18)20(29)27(22(31)26-23)15-19(28)25-24(21(30)32-2)12-6-3-7-13-24/h4-5,8-11,14H,3,6-7,12-13,15H2,1-2H3,(H,25,28)(H,26,31)/t23-/m0/s1. The molecule has 1 heterocycles. The van der Waals surface area contributed by atoms with Crippen molar-refractivity contribution in [2.45, 2.75) is 50.1 Å². The van der Waals surface area contributed by atoms with E-state index in [-0.39, 0.29) is 0 Å². The molecule has 8 heteroatoms. The Labute approximate surface area is 186 Å². The maximum atomic E-state index is 13.2. The maximum absolute atomic E-state index is 13.2. The summed E-state index contributed by atoms with van der Waals surface area (Å²) in [5.74, 6) is -1.57. The highest BCUT2D eigenvalue weighted by Gasteiger charge is 2.50. The lowest BCUT2D eigenvalue weighted by Gasteiger charge is -2.35. The Balaban J connectivity index is 1.53. The summed E-state index contributed by atoms with van der Waals surface area (Å²) in [6.07, 6.45) is 3.50. The average Bonchev–Trinajstić information content (AvgIpc) is 3.02. The second-order valence-corrected chi connectivity index (χ2v) is 8.69. The summed E-state index contributed by atoms with van der Waals surface area (Å²) < 4.78 is 4.92. The first-order valence-corrected chi connectivity index (χ1v) is 10.8. The normalized spacial score (nSPS) is 22.5. The molecular formula is C24H27N3O5. The zero-order valence-corrected chi connectivity index (χ0v) is 18.3. The van der Waals surface area contributed by atoms with Crippen molar-refractivity contribution in [1.29, 1.82) is 0 Å². The number of rotatable bonds is 5. The zero-order valence-electron chi connectivity index (χ0n) is 18.3. The number of ether oxygens (including phenoxy) is 1. The Hall–Kier alpha value is -3.42. The highest BCUT2D eigenvalue weighted by molar-refractivity contribution is 6.09. The first-order valence-electron chi connectivity index (χ1n) is 10.8. The van der Waals surface area contributed by atoms with Crippen LogP contribution in [0.2, 0.25) is 0 Å². The molecule has 1 saturated carbocycles. The van der Waals surface area contributed by atoms with Crippen molar-refractivity contribution in [3.05, 3.63) is 48.0 Å². The van der Waals surface area contributed by atoms with Gasteiger partial charge in [-0.15, -0.1) is 0 Å². The van der Waals surface area contributed by atoms with Crippen LogP contribution in [-0.4, -0.2) is 47.9 Å². The van der Waals surface area contributed by atoms with Crippen molar-refractivity contribution < 1.29 is 23.9 Å². The molecule has 0 aromatic heterocycles. The molecule has 2 aliphatic rings. The molecule has 2 aromatic rings. The molecule has 2 fully saturated rings. The van der Waals surface area contributed by atoms with Gasteiger partial charge < -0.3 is 15.4 Å². The van der Waals surface area contributed by atoms with Gasteiger partial charge >= 0.3 is 12.0 Å². The molecule has 0 unspecified atom stereocenters. The van der Waals surface area contributed by atoms with Crippen molar-refractivity contribution in [1.82, 2.24) is 15.5 Å². The third-order valence-corrected chi connectivity index (χ3v) is 6.57. The van der Waals surface area contributed by atoms with Crippen LogP contribution in [0.3, 0.4) is 0 Å². The van der Waals surface area contributed by atoms with Crippen LogP contribution >= 0.6 is 0 Å². The number of benzene rings is 2. The lowest BCUT2D eigenvalue weighted by atomic mass is 9.81. The fourth-order valence-corrected chi connectivity index (χ4v) is 4.72. The van der Waals surface area contributed by atoms with E-state index < -0.39 is 41.4 Å². The molecule has 0 bridgehead atoms. The summed E-state index contributed by atoms with van der Waals surface area (Å²) in [5, 5.41) is 7.45. The summed E-state index contributed by atoms with van der Waals surface area (Å²) in [7, 11) is 1.29. The summed E-state index contributed by atoms with van der Waals surface area (Å²) in [6.45, 7) is 1.17. The smallest absolute Gasteiger partial charge is 0.331 e. The number of urea groups is 1. The number of methoxy groups -OCH3 is 1. The van der Waals surface area contributed by atoms with E-state index >= 15 is 0 Å². The number of esters is 1. The first kappa shape index (κ1) is 21.8. The molecule has 1 atom stereocenters. The van der Waals surface area contributed by atoms with Crippen LogP contribution in [0.1, 0.15) is 44.6 Å². The summed E-state index contributed by atoms with van der Waals surface area (Å²) in [6, 6.07) is 12.7. The van der Waals surface area contributed by atoms with Crippen molar-refractivity contribution in [2.75, 3.05) is 13.7 Å². The molecule has 4 amide bonds. The van der Waals surface area contributed by atoms with Crippen LogP contribution in [0.4, 0.5) is 4.79 Å². The van der Waals surface area contributed by atoms with Gasteiger partial charge in [-0.25, -0.2) is 9.59 Å². The van der Waals surface area contributed by atoms with Gasteiger partial charge in [-0.05, 0) is 42.2 Å². The molecule has 1 aliphatic heterocycles. The summed E-state index contributed by atoms with van der Waals surface area (Å²) >= 11 is 0. The predicted molar refractivity (Wildman–Crippen MR) is 118 cm³/mol. The van der Waals surface area contributed by atoms with Gasteiger partial charge in [0.05, 0.1) is 7.11 Å². The third kappa shape index (κ3) is 3.70. The first-order chi connectivity index (χ1) is 15.3. The van der Waals surface area contributed by atoms with Crippen LogP contribution in [0.15, 0.2) is 42.5 Å². The molecule has 2 N–H and O–H groups in total. The van der Waals surface area contributed by atoms with E-state index in [0.717, 1.165) is 34.9 Å². The lowest BCUT2D eigenvalue weighted by Crippen LogP contribution is -2.58. The Kier molecular flexibility index (Phi) is 5.62. The molecule has 0 spiro atoms. The lowest BCUT2D eigenvalue weighted by molar-refractivity contribution is -0.152. The summed E-state index contributed by atoms with van der Waals surface area (Å²) in [5.41, 5.74) is -1.76. The van der Waals surface area contributed by atoms with E-state index in [1.807, 2.05) is 36.4 Å². The topological polar surface area (TPSA) is 105 Å². The Morgan fingerprint density at radius 1 is 1.06 bits per heavy atom. The highest BCUT2D eigenvalue weighted by Crippen LogP contribution is 2.32. The van der Waals surface area contributed by atoms with E-state index in [9.17, 15) is 19.2 Å². The minimum absolute atomic E-state index is 0.466. The van der Waals surface area contributed by atoms with Gasteiger partial charge in [-0.2, -0.15) is 0 Å². The third-order valence-electron chi connectivity index (χ3n) is 6.57. The molecule has 32 heavy (non-hydrogen) atoms. The molecule has 4 rings (SSSR count). The van der Waals surface area contributed by atoms with Crippen molar-refractivity contribution in [2.24, 2.45) is 0 Å².